The first-order valence-corrected chi connectivity index (χ1v) is 17.3. The van der Waals surface area contributed by atoms with Gasteiger partial charge in [-0.2, -0.15) is 4.98 Å². The van der Waals surface area contributed by atoms with Crippen molar-refractivity contribution in [2.45, 2.75) is 63.9 Å². The molecule has 0 spiro atoms. The highest BCUT2D eigenvalue weighted by molar-refractivity contribution is 7.92. The first-order valence-electron chi connectivity index (χ1n) is 15.8. The van der Waals surface area contributed by atoms with E-state index in [1.54, 1.807) is 23.1 Å². The van der Waals surface area contributed by atoms with Crippen LogP contribution in [0.4, 0.5) is 5.95 Å². The fourth-order valence-corrected chi connectivity index (χ4v) is 6.97. The zero-order valence-electron chi connectivity index (χ0n) is 27.1. The molecule has 1 atom stereocenters. The van der Waals surface area contributed by atoms with Crippen molar-refractivity contribution in [2.75, 3.05) is 11.3 Å². The molecule has 4 heterocycles. The average molecular weight is 662 g/mol. The normalized spacial score (nSPS) is 17.1. The van der Waals surface area contributed by atoms with Gasteiger partial charge >= 0.3 is 0 Å². The first-order chi connectivity index (χ1) is 23.0. The molecule has 11 nitrogen and oxygen atoms in total. The van der Waals surface area contributed by atoms with Crippen molar-refractivity contribution in [3.63, 3.8) is 0 Å². The van der Waals surface area contributed by atoms with Gasteiger partial charge in [-0.1, -0.05) is 38.1 Å². The summed E-state index contributed by atoms with van der Waals surface area (Å²) in [6, 6.07) is 15.0. The summed E-state index contributed by atoms with van der Waals surface area (Å²) >= 11 is 0. The molecule has 12 heteroatoms. The maximum Gasteiger partial charge on any atom is 0.264 e. The maximum atomic E-state index is 14.4. The van der Waals surface area contributed by atoms with Crippen molar-refractivity contribution in [1.29, 1.82) is 0 Å². The van der Waals surface area contributed by atoms with E-state index in [2.05, 4.69) is 39.3 Å². The lowest BCUT2D eigenvalue weighted by atomic mass is 9.97. The van der Waals surface area contributed by atoms with Crippen LogP contribution >= 0.6 is 0 Å². The quantitative estimate of drug-likeness (QED) is 0.219. The third-order valence-corrected chi connectivity index (χ3v) is 9.97. The number of carbonyl (C=O) groups is 1. The minimum Gasteiger partial charge on any atom is -0.475 e. The molecule has 1 aliphatic heterocycles. The number of fused-ring (bicyclic) bond motifs is 5. The molecule has 2 aromatic carbocycles. The van der Waals surface area contributed by atoms with Crippen LogP contribution in [0, 0.1) is 13.8 Å². The van der Waals surface area contributed by atoms with Crippen molar-refractivity contribution >= 4 is 27.7 Å². The van der Waals surface area contributed by atoms with E-state index in [4.69, 9.17) is 9.72 Å². The van der Waals surface area contributed by atoms with Gasteiger partial charge in [0, 0.05) is 36.0 Å². The zero-order chi connectivity index (χ0) is 33.6. The Balaban J connectivity index is 1.35. The molecule has 0 saturated heterocycles. The second-order valence-electron chi connectivity index (χ2n) is 12.5. The van der Waals surface area contributed by atoms with E-state index >= 15 is 0 Å². The Morgan fingerprint density at radius 2 is 1.79 bits per heavy atom. The van der Waals surface area contributed by atoms with Crippen molar-refractivity contribution in [3.05, 3.63) is 112 Å². The Hall–Kier alpha value is -5.32. The summed E-state index contributed by atoms with van der Waals surface area (Å²) in [5.74, 6) is 0.471. The second-order valence-corrected chi connectivity index (χ2v) is 14.2. The van der Waals surface area contributed by atoms with Crippen LogP contribution in [0.15, 0.2) is 89.3 Å². The van der Waals surface area contributed by atoms with Crippen LogP contribution in [0.5, 0.6) is 5.88 Å². The zero-order valence-corrected chi connectivity index (χ0v) is 28.0. The molecule has 7 rings (SSSR count). The predicted molar refractivity (Wildman–Crippen MR) is 181 cm³/mol. The van der Waals surface area contributed by atoms with Crippen molar-refractivity contribution in [1.82, 2.24) is 29.2 Å². The minimum absolute atomic E-state index is 0.0785. The molecule has 48 heavy (non-hydrogen) atoms. The molecular weight excluding hydrogens is 627 g/mol. The second kappa shape index (κ2) is 12.4. The molecule has 1 amide bonds. The number of amides is 1. The highest BCUT2D eigenvalue weighted by atomic mass is 32.2. The molecule has 2 aliphatic rings. The lowest BCUT2D eigenvalue weighted by Crippen LogP contribution is -2.44. The van der Waals surface area contributed by atoms with Crippen LogP contribution in [0.25, 0.3) is 17.0 Å². The topological polar surface area (TPSA) is 132 Å². The summed E-state index contributed by atoms with van der Waals surface area (Å²) in [5, 5.41) is 0. The van der Waals surface area contributed by atoms with Gasteiger partial charge in [0.1, 0.15) is 6.61 Å². The van der Waals surface area contributed by atoms with Crippen LogP contribution in [0.3, 0.4) is 0 Å². The smallest absolute Gasteiger partial charge is 0.264 e. The molecule has 1 aliphatic carbocycles. The number of benzene rings is 2. The molecule has 0 radical (unpaired) electrons. The van der Waals surface area contributed by atoms with Crippen LogP contribution < -0.4 is 9.46 Å². The summed E-state index contributed by atoms with van der Waals surface area (Å²) in [5.41, 5.74) is 9.39. The van der Waals surface area contributed by atoms with Gasteiger partial charge in [-0.3, -0.25) is 9.20 Å². The lowest BCUT2D eigenvalue weighted by molar-refractivity contribution is 0.0583. The maximum absolute atomic E-state index is 14.4. The van der Waals surface area contributed by atoms with Gasteiger partial charge < -0.3 is 9.64 Å². The van der Waals surface area contributed by atoms with Gasteiger partial charge in [0.25, 0.3) is 15.9 Å². The van der Waals surface area contributed by atoms with Gasteiger partial charge in [-0.05, 0) is 73.2 Å². The molecular formula is C36H35N7O4S. The number of aromatic nitrogens is 5. The summed E-state index contributed by atoms with van der Waals surface area (Å²) < 4.78 is 38.1. The molecule has 3 aromatic heterocycles. The van der Waals surface area contributed by atoms with Gasteiger partial charge in [0.2, 0.25) is 17.6 Å². The van der Waals surface area contributed by atoms with E-state index in [0.29, 0.717) is 23.6 Å². The Morgan fingerprint density at radius 3 is 2.52 bits per heavy atom. The Bertz CT molecular complexity index is 2230. The number of hydrogen-bond acceptors (Lipinski definition) is 8. The number of aryl methyl sites for hydroxylation is 2. The fourth-order valence-electron chi connectivity index (χ4n) is 5.98. The van der Waals surface area contributed by atoms with Crippen LogP contribution in [-0.2, 0) is 16.6 Å². The Kier molecular flexibility index (Phi) is 8.06. The molecule has 4 bridgehead atoms. The van der Waals surface area contributed by atoms with E-state index < -0.39 is 16.1 Å². The summed E-state index contributed by atoms with van der Waals surface area (Å²) in [4.78, 5) is 34.6. The monoisotopic (exact) mass is 661 g/mol. The number of rotatable bonds is 6. The number of nitrogens with one attached hydrogen (secondary N) is 1. The predicted octanol–water partition coefficient (Wildman–Crippen LogP) is 6.01. The average Bonchev–Trinajstić information content (AvgIpc) is 3.46. The lowest BCUT2D eigenvalue weighted by Gasteiger charge is -2.32. The number of anilines is 1. The SMILES string of the molecule is Cc1cccc(C)c1-c1cc2nc(n1)NS(=O)(=O)c1cccc(c1)C(=O)N(Cc1ccn3cc(C(C)C)nc3n1)[C@H](CC1=C=CC1)CO2. The van der Waals surface area contributed by atoms with Gasteiger partial charge in [-0.15, -0.1) is 5.73 Å². The largest absolute Gasteiger partial charge is 0.475 e. The molecule has 0 fully saturated rings. The number of ether oxygens (including phenoxy) is 1. The van der Waals surface area contributed by atoms with E-state index in [-0.39, 0.29) is 47.3 Å². The standard InChI is InChI=1S/C36H35N7O4S/c1-22(2)31-20-42-15-14-27(37-36(42)39-31)19-43-28(16-25-10-6-11-25)21-47-32-18-30(33-23(3)8-5-9-24(33)4)38-35(40-32)41-48(45,46)29-13-7-12-26(17-29)34(43)44/h5-9,12-15,17-18,20,22,28H,10,16,19,21H2,1-4H3,(H,38,40,41)/t28-/m1/s1. The van der Waals surface area contributed by atoms with E-state index in [1.165, 1.54) is 12.1 Å². The summed E-state index contributed by atoms with van der Waals surface area (Å²) in [7, 11) is -4.18. The van der Waals surface area contributed by atoms with Crippen molar-refractivity contribution in [2.24, 2.45) is 0 Å². The van der Waals surface area contributed by atoms with Crippen LogP contribution in [0.1, 0.15) is 65.5 Å². The molecule has 0 saturated carbocycles. The number of carbonyl (C=O) groups excluding carboxylic acids is 1. The Morgan fingerprint density at radius 1 is 1.02 bits per heavy atom. The summed E-state index contributed by atoms with van der Waals surface area (Å²) in [6.45, 7) is 8.31. The number of sulfonamides is 1. The van der Waals surface area contributed by atoms with Gasteiger partial charge in [0.05, 0.1) is 34.6 Å². The van der Waals surface area contributed by atoms with Gasteiger partial charge in [-0.25, -0.2) is 28.1 Å². The summed E-state index contributed by atoms with van der Waals surface area (Å²) in [6.07, 6.45) is 7.07. The molecule has 5 aromatic rings. The van der Waals surface area contributed by atoms with E-state index in [9.17, 15) is 13.2 Å². The highest BCUT2D eigenvalue weighted by Gasteiger charge is 2.30. The number of nitrogens with zero attached hydrogens (tertiary/aromatic N) is 6. The highest BCUT2D eigenvalue weighted by Crippen LogP contribution is 2.31. The molecule has 244 valence electrons. The third kappa shape index (κ3) is 6.20. The van der Waals surface area contributed by atoms with E-state index in [1.807, 2.05) is 61.0 Å². The molecule has 0 unspecified atom stereocenters. The van der Waals surface area contributed by atoms with Crippen LogP contribution in [-0.4, -0.2) is 56.2 Å². The minimum atomic E-state index is -4.18. The third-order valence-electron chi connectivity index (χ3n) is 8.65. The first kappa shape index (κ1) is 31.3. The molecule has 1 N–H and O–H groups in total. The van der Waals surface area contributed by atoms with Crippen LogP contribution in [0.2, 0.25) is 0 Å². The number of hydrogen-bond donors (Lipinski definition) is 1. The van der Waals surface area contributed by atoms with Crippen molar-refractivity contribution < 1.29 is 17.9 Å². The van der Waals surface area contributed by atoms with Crippen molar-refractivity contribution in [3.8, 4) is 17.1 Å². The fraction of sp³-hybridized carbons (Fsp3) is 0.278. The Labute approximate surface area is 279 Å². The van der Waals surface area contributed by atoms with E-state index in [0.717, 1.165) is 34.4 Å². The number of imidazole rings is 1. The van der Waals surface area contributed by atoms with Gasteiger partial charge in [0.15, 0.2) is 0 Å².